The number of hydrogen-bond acceptors (Lipinski definition) is 6. The summed E-state index contributed by atoms with van der Waals surface area (Å²) in [5.74, 6) is 1.14. The highest BCUT2D eigenvalue weighted by Gasteiger charge is 2.21. The Hall–Kier alpha value is -2.76. The quantitative estimate of drug-likeness (QED) is 0.454. The number of furan rings is 1. The molecule has 0 amide bonds. The van der Waals surface area contributed by atoms with E-state index < -0.39 is 4.92 Å². The third-order valence-electron chi connectivity index (χ3n) is 4.36. The molecular formula is C18H18N4O3S. The molecule has 1 saturated heterocycles. The van der Waals surface area contributed by atoms with Gasteiger partial charge in [0.15, 0.2) is 5.76 Å². The highest BCUT2D eigenvalue weighted by Crippen LogP contribution is 2.26. The molecule has 0 atom stereocenters. The number of piperazine rings is 1. The van der Waals surface area contributed by atoms with Gasteiger partial charge in [-0.05, 0) is 12.1 Å². The lowest BCUT2D eigenvalue weighted by molar-refractivity contribution is -0.384. The van der Waals surface area contributed by atoms with E-state index in [1.54, 1.807) is 24.3 Å². The van der Waals surface area contributed by atoms with Gasteiger partial charge >= 0.3 is 0 Å². The molecular weight excluding hydrogens is 352 g/mol. The third-order valence-corrected chi connectivity index (χ3v) is 4.82. The first-order chi connectivity index (χ1) is 12.6. The predicted molar refractivity (Wildman–Crippen MR) is 101 cm³/mol. The van der Waals surface area contributed by atoms with Crippen molar-refractivity contribution in [2.24, 2.45) is 0 Å². The van der Waals surface area contributed by atoms with Crippen molar-refractivity contribution in [3.05, 3.63) is 52.3 Å². The van der Waals surface area contributed by atoms with Crippen LogP contribution in [0, 0.1) is 21.4 Å². The topological polar surface area (TPSA) is 86.5 Å². The molecule has 1 aliphatic rings. The largest absolute Gasteiger partial charge is 0.454 e. The summed E-state index contributed by atoms with van der Waals surface area (Å²) in [5, 5.41) is 19.6. The molecule has 2 aromatic rings. The van der Waals surface area contributed by atoms with Crippen LogP contribution in [0.3, 0.4) is 0 Å². The molecule has 0 bridgehead atoms. The minimum Gasteiger partial charge on any atom is -0.454 e. The normalized spacial score (nSPS) is 14.8. The summed E-state index contributed by atoms with van der Waals surface area (Å²) in [6.07, 6.45) is 0.537. The molecule has 0 spiro atoms. The lowest BCUT2D eigenvalue weighted by Crippen LogP contribution is -2.48. The summed E-state index contributed by atoms with van der Waals surface area (Å²) in [7, 11) is 0. The Morgan fingerprint density at radius 2 is 2.04 bits per heavy atom. The zero-order valence-corrected chi connectivity index (χ0v) is 14.9. The fourth-order valence-corrected chi connectivity index (χ4v) is 3.21. The Kier molecular flexibility index (Phi) is 5.61. The Morgan fingerprint density at radius 3 is 2.73 bits per heavy atom. The summed E-state index contributed by atoms with van der Waals surface area (Å²) in [5.41, 5.74) is 0.672. The maximum absolute atomic E-state index is 10.9. The monoisotopic (exact) mass is 370 g/mol. The number of rotatable bonds is 5. The van der Waals surface area contributed by atoms with Crippen molar-refractivity contribution in [1.29, 1.82) is 5.26 Å². The van der Waals surface area contributed by atoms with Gasteiger partial charge in [-0.1, -0.05) is 24.4 Å². The van der Waals surface area contributed by atoms with Gasteiger partial charge in [-0.2, -0.15) is 5.26 Å². The van der Waals surface area contributed by atoms with Crippen LogP contribution >= 0.6 is 12.2 Å². The van der Waals surface area contributed by atoms with E-state index in [0.717, 1.165) is 32.7 Å². The molecule has 0 unspecified atom stereocenters. The second-order valence-corrected chi connectivity index (χ2v) is 6.40. The van der Waals surface area contributed by atoms with Crippen molar-refractivity contribution >= 4 is 22.9 Å². The molecule has 0 aliphatic carbocycles. The zero-order chi connectivity index (χ0) is 18.5. The van der Waals surface area contributed by atoms with Gasteiger partial charge in [0.25, 0.3) is 5.69 Å². The Labute approximate surface area is 156 Å². The first kappa shape index (κ1) is 18.0. The fourth-order valence-electron chi connectivity index (χ4n) is 2.92. The van der Waals surface area contributed by atoms with E-state index in [4.69, 9.17) is 21.9 Å². The first-order valence-corrected chi connectivity index (χ1v) is 8.72. The SMILES string of the molecule is N#CCCN1CCN(C(=S)c2ccc(-c3cccc([N+](=O)[O-])c3)o2)CC1. The van der Waals surface area contributed by atoms with Crippen LogP contribution in [0.1, 0.15) is 12.2 Å². The number of nitriles is 1. The van der Waals surface area contributed by atoms with Crippen LogP contribution in [-0.2, 0) is 0 Å². The summed E-state index contributed by atoms with van der Waals surface area (Å²) in [4.78, 5) is 15.5. The number of non-ortho nitro benzene ring substituents is 1. The molecule has 1 aromatic heterocycles. The zero-order valence-electron chi connectivity index (χ0n) is 14.1. The molecule has 1 aliphatic heterocycles. The average Bonchev–Trinajstić information content (AvgIpc) is 3.16. The Morgan fingerprint density at radius 1 is 1.27 bits per heavy atom. The van der Waals surface area contributed by atoms with Crippen LogP contribution in [0.25, 0.3) is 11.3 Å². The maximum Gasteiger partial charge on any atom is 0.270 e. The van der Waals surface area contributed by atoms with Crippen molar-refractivity contribution in [2.75, 3.05) is 32.7 Å². The minimum absolute atomic E-state index is 0.0246. The first-order valence-electron chi connectivity index (χ1n) is 8.32. The molecule has 7 nitrogen and oxygen atoms in total. The van der Waals surface area contributed by atoms with Crippen LogP contribution in [0.15, 0.2) is 40.8 Å². The average molecular weight is 370 g/mol. The maximum atomic E-state index is 10.9. The van der Waals surface area contributed by atoms with Gasteiger partial charge in [0.05, 0.1) is 11.0 Å². The second kappa shape index (κ2) is 8.08. The molecule has 1 fully saturated rings. The van der Waals surface area contributed by atoms with E-state index in [1.165, 1.54) is 12.1 Å². The van der Waals surface area contributed by atoms with Gasteiger partial charge in [0, 0.05) is 56.8 Å². The van der Waals surface area contributed by atoms with Crippen LogP contribution in [0.5, 0.6) is 0 Å². The summed E-state index contributed by atoms with van der Waals surface area (Å²) in [6.45, 7) is 4.09. The van der Waals surface area contributed by atoms with Crippen molar-refractivity contribution in [3.8, 4) is 17.4 Å². The molecule has 1 aromatic carbocycles. The highest BCUT2D eigenvalue weighted by atomic mass is 32.1. The van der Waals surface area contributed by atoms with Crippen LogP contribution in [-0.4, -0.2) is 52.4 Å². The molecule has 0 saturated carbocycles. The van der Waals surface area contributed by atoms with Gasteiger partial charge in [0.1, 0.15) is 10.7 Å². The standard InChI is InChI=1S/C18H18N4O3S/c19-7-2-8-20-9-11-21(12-10-20)18(26)17-6-5-16(25-17)14-3-1-4-15(13-14)22(23)24/h1,3-6,13H,2,8-12H2. The molecule has 2 heterocycles. The van der Waals surface area contributed by atoms with E-state index in [2.05, 4.69) is 15.9 Å². The predicted octanol–water partition coefficient (Wildman–Crippen LogP) is 3.06. The molecule has 0 radical (unpaired) electrons. The Balaban J connectivity index is 1.67. The van der Waals surface area contributed by atoms with Gasteiger partial charge in [0.2, 0.25) is 0 Å². The van der Waals surface area contributed by atoms with E-state index in [-0.39, 0.29) is 5.69 Å². The summed E-state index contributed by atoms with van der Waals surface area (Å²) in [6, 6.07) is 12.1. The van der Waals surface area contributed by atoms with Gasteiger partial charge in [-0.15, -0.1) is 0 Å². The van der Waals surface area contributed by atoms with E-state index in [0.29, 0.717) is 28.5 Å². The van der Waals surface area contributed by atoms with E-state index in [9.17, 15) is 10.1 Å². The lowest BCUT2D eigenvalue weighted by Gasteiger charge is -2.35. The number of nitro benzene ring substituents is 1. The van der Waals surface area contributed by atoms with Crippen LogP contribution < -0.4 is 0 Å². The van der Waals surface area contributed by atoms with E-state index >= 15 is 0 Å². The third kappa shape index (κ3) is 4.07. The number of benzene rings is 1. The van der Waals surface area contributed by atoms with Crippen molar-refractivity contribution < 1.29 is 9.34 Å². The Bertz CT molecular complexity index is 850. The van der Waals surface area contributed by atoms with Crippen molar-refractivity contribution in [2.45, 2.75) is 6.42 Å². The summed E-state index contributed by atoms with van der Waals surface area (Å²) >= 11 is 5.55. The number of nitro groups is 1. The highest BCUT2D eigenvalue weighted by molar-refractivity contribution is 7.80. The molecule has 3 rings (SSSR count). The number of hydrogen-bond donors (Lipinski definition) is 0. The van der Waals surface area contributed by atoms with Crippen LogP contribution in [0.2, 0.25) is 0 Å². The molecule has 26 heavy (non-hydrogen) atoms. The van der Waals surface area contributed by atoms with Crippen molar-refractivity contribution in [1.82, 2.24) is 9.80 Å². The number of nitrogens with zero attached hydrogens (tertiary/aromatic N) is 4. The summed E-state index contributed by atoms with van der Waals surface area (Å²) < 4.78 is 5.85. The minimum atomic E-state index is -0.427. The van der Waals surface area contributed by atoms with Crippen LogP contribution in [0.4, 0.5) is 5.69 Å². The smallest absolute Gasteiger partial charge is 0.270 e. The van der Waals surface area contributed by atoms with E-state index in [1.807, 2.05) is 0 Å². The van der Waals surface area contributed by atoms with Crippen molar-refractivity contribution in [3.63, 3.8) is 0 Å². The molecule has 8 heteroatoms. The lowest BCUT2D eigenvalue weighted by atomic mass is 10.1. The molecule has 0 N–H and O–H groups in total. The van der Waals surface area contributed by atoms with Gasteiger partial charge < -0.3 is 9.32 Å². The van der Waals surface area contributed by atoms with Gasteiger partial charge in [-0.25, -0.2) is 0 Å². The molecule has 134 valence electrons. The second-order valence-electron chi connectivity index (χ2n) is 6.01. The number of thiocarbonyl (C=S) groups is 1. The van der Waals surface area contributed by atoms with Gasteiger partial charge in [-0.3, -0.25) is 15.0 Å². The fraction of sp³-hybridized carbons (Fsp3) is 0.333.